The van der Waals surface area contributed by atoms with Crippen LogP contribution in [0.1, 0.15) is 29.7 Å². The van der Waals surface area contributed by atoms with E-state index in [0.29, 0.717) is 18.0 Å². The number of anilines is 2. The quantitative estimate of drug-likeness (QED) is 0.534. The summed E-state index contributed by atoms with van der Waals surface area (Å²) in [5, 5.41) is 1.73. The van der Waals surface area contributed by atoms with Gasteiger partial charge in [-0.05, 0) is 68.3 Å². The fourth-order valence-corrected chi connectivity index (χ4v) is 4.80. The largest absolute Gasteiger partial charge is 0.494 e. The van der Waals surface area contributed by atoms with E-state index in [4.69, 9.17) is 9.57 Å². The number of hydrogen-bond acceptors (Lipinski definition) is 5. The number of fused-ring (bicyclic) bond motifs is 1. The minimum atomic E-state index is -0.880. The maximum absolute atomic E-state index is 13.7. The molecule has 33 heavy (non-hydrogen) atoms. The molecule has 2 amide bonds. The second-order valence-corrected chi connectivity index (χ2v) is 8.46. The Balaban J connectivity index is 1.55. The van der Waals surface area contributed by atoms with Crippen molar-refractivity contribution in [3.8, 4) is 5.75 Å². The Labute approximate surface area is 193 Å². The number of amides is 2. The Morgan fingerprint density at radius 1 is 0.879 bits per heavy atom. The van der Waals surface area contributed by atoms with E-state index in [-0.39, 0.29) is 11.8 Å². The second kappa shape index (κ2) is 8.37. The zero-order valence-corrected chi connectivity index (χ0v) is 18.9. The summed E-state index contributed by atoms with van der Waals surface area (Å²) in [6, 6.07) is 22.4. The molecule has 2 aliphatic rings. The van der Waals surface area contributed by atoms with Gasteiger partial charge in [-0.1, -0.05) is 42.0 Å². The van der Waals surface area contributed by atoms with E-state index in [0.717, 1.165) is 22.4 Å². The van der Waals surface area contributed by atoms with E-state index in [1.807, 2.05) is 63.2 Å². The lowest BCUT2D eigenvalue weighted by Gasteiger charge is -2.29. The van der Waals surface area contributed by atoms with Crippen molar-refractivity contribution in [2.45, 2.75) is 32.9 Å². The number of benzene rings is 3. The second-order valence-electron chi connectivity index (χ2n) is 8.46. The van der Waals surface area contributed by atoms with Crippen molar-refractivity contribution in [2.24, 2.45) is 5.92 Å². The standard InChI is InChI=1S/C27H26N2O4/c1-4-32-21-13-11-19(12-14-21)28-26(30)23-24(22-15-10-17(2)16-18(22)3)29(33-25(23)27(28)31)20-8-6-5-7-9-20/h5-16,23-25H,4H2,1-3H3/t23-,24-,25+/m1/s1. The lowest BCUT2D eigenvalue weighted by atomic mass is 9.87. The van der Waals surface area contributed by atoms with Gasteiger partial charge < -0.3 is 4.74 Å². The molecule has 0 aliphatic carbocycles. The number of rotatable bonds is 5. The van der Waals surface area contributed by atoms with Gasteiger partial charge in [-0.3, -0.25) is 14.4 Å². The van der Waals surface area contributed by atoms with Crippen LogP contribution in [0.3, 0.4) is 0 Å². The summed E-state index contributed by atoms with van der Waals surface area (Å²) >= 11 is 0. The molecule has 3 atom stereocenters. The van der Waals surface area contributed by atoms with Crippen LogP contribution in [-0.2, 0) is 14.4 Å². The molecule has 0 aromatic heterocycles. The molecule has 6 nitrogen and oxygen atoms in total. The molecular weight excluding hydrogens is 416 g/mol. The molecule has 2 aliphatic heterocycles. The smallest absolute Gasteiger partial charge is 0.266 e. The Hall–Kier alpha value is -3.64. The van der Waals surface area contributed by atoms with Crippen LogP contribution >= 0.6 is 0 Å². The summed E-state index contributed by atoms with van der Waals surface area (Å²) in [6.07, 6.45) is -0.880. The molecule has 0 saturated carbocycles. The lowest BCUT2D eigenvalue weighted by Crippen LogP contribution is -2.37. The van der Waals surface area contributed by atoms with Crippen molar-refractivity contribution in [3.63, 3.8) is 0 Å². The number of aryl methyl sites for hydroxylation is 2. The van der Waals surface area contributed by atoms with Gasteiger partial charge in [-0.15, -0.1) is 0 Å². The average Bonchev–Trinajstić information content (AvgIpc) is 3.31. The van der Waals surface area contributed by atoms with Gasteiger partial charge in [0.2, 0.25) is 5.91 Å². The highest BCUT2D eigenvalue weighted by atomic mass is 16.7. The van der Waals surface area contributed by atoms with Crippen molar-refractivity contribution in [1.82, 2.24) is 0 Å². The third-order valence-electron chi connectivity index (χ3n) is 6.28. The van der Waals surface area contributed by atoms with E-state index >= 15 is 0 Å². The number of nitrogens with zero attached hydrogens (tertiary/aromatic N) is 2. The number of carbonyl (C=O) groups excluding carboxylic acids is 2. The normalized spacial score (nSPS) is 22.1. The highest BCUT2D eigenvalue weighted by Gasteiger charge is 2.60. The summed E-state index contributed by atoms with van der Waals surface area (Å²) < 4.78 is 5.49. The number of imide groups is 1. The monoisotopic (exact) mass is 442 g/mol. The van der Waals surface area contributed by atoms with Gasteiger partial charge in [-0.25, -0.2) is 9.96 Å². The molecule has 2 heterocycles. The van der Waals surface area contributed by atoms with Crippen LogP contribution in [0.2, 0.25) is 0 Å². The van der Waals surface area contributed by atoms with Gasteiger partial charge in [0.25, 0.3) is 5.91 Å². The molecule has 3 aromatic rings. The van der Waals surface area contributed by atoms with Crippen molar-refractivity contribution >= 4 is 23.2 Å². The third kappa shape index (κ3) is 3.56. The molecular formula is C27H26N2O4. The first-order valence-corrected chi connectivity index (χ1v) is 11.2. The third-order valence-corrected chi connectivity index (χ3v) is 6.28. The first-order chi connectivity index (χ1) is 16.0. The molecule has 0 spiro atoms. The van der Waals surface area contributed by atoms with Crippen LogP contribution < -0.4 is 14.7 Å². The lowest BCUT2D eigenvalue weighted by molar-refractivity contribution is -0.126. The predicted molar refractivity (Wildman–Crippen MR) is 126 cm³/mol. The maximum Gasteiger partial charge on any atom is 0.266 e. The zero-order valence-electron chi connectivity index (χ0n) is 18.9. The number of para-hydroxylation sites is 1. The topological polar surface area (TPSA) is 59.1 Å². The number of ether oxygens (including phenoxy) is 1. The van der Waals surface area contributed by atoms with E-state index in [1.165, 1.54) is 4.90 Å². The molecule has 0 radical (unpaired) electrons. The van der Waals surface area contributed by atoms with Crippen LogP contribution in [-0.4, -0.2) is 24.5 Å². The van der Waals surface area contributed by atoms with Gasteiger partial charge in [0, 0.05) is 0 Å². The zero-order chi connectivity index (χ0) is 23.1. The summed E-state index contributed by atoms with van der Waals surface area (Å²) in [4.78, 5) is 34.6. The Morgan fingerprint density at radius 3 is 2.27 bits per heavy atom. The number of carbonyl (C=O) groups is 2. The summed E-state index contributed by atoms with van der Waals surface area (Å²) in [7, 11) is 0. The first-order valence-electron chi connectivity index (χ1n) is 11.2. The van der Waals surface area contributed by atoms with E-state index in [9.17, 15) is 9.59 Å². The molecule has 6 heteroatoms. The SMILES string of the molecule is CCOc1ccc(N2C(=O)[C@H]3[C@H](ON(c4ccccc4)[C@@H]3c3ccc(C)cc3C)C2=O)cc1. The molecule has 0 bridgehead atoms. The molecule has 2 fully saturated rings. The van der Waals surface area contributed by atoms with Gasteiger partial charge in [0.15, 0.2) is 6.10 Å². The molecule has 2 saturated heterocycles. The molecule has 0 unspecified atom stereocenters. The van der Waals surface area contributed by atoms with Crippen LogP contribution in [0.5, 0.6) is 5.75 Å². The number of hydrogen-bond donors (Lipinski definition) is 0. The first kappa shape index (κ1) is 21.2. The van der Waals surface area contributed by atoms with Gasteiger partial charge >= 0.3 is 0 Å². The average molecular weight is 443 g/mol. The minimum Gasteiger partial charge on any atom is -0.494 e. The highest BCUT2D eigenvalue weighted by molar-refractivity contribution is 6.24. The Bertz CT molecular complexity index is 1190. The molecule has 0 N–H and O–H groups in total. The van der Waals surface area contributed by atoms with Crippen LogP contribution in [0.15, 0.2) is 72.8 Å². The van der Waals surface area contributed by atoms with E-state index in [1.54, 1.807) is 29.3 Å². The fraction of sp³-hybridized carbons (Fsp3) is 0.259. The molecule has 5 rings (SSSR count). The van der Waals surface area contributed by atoms with Gasteiger partial charge in [0.05, 0.1) is 24.0 Å². The van der Waals surface area contributed by atoms with Crippen LogP contribution in [0.4, 0.5) is 11.4 Å². The van der Waals surface area contributed by atoms with Gasteiger partial charge in [-0.2, -0.15) is 0 Å². The van der Waals surface area contributed by atoms with Crippen molar-refractivity contribution in [2.75, 3.05) is 16.6 Å². The van der Waals surface area contributed by atoms with Crippen LogP contribution in [0, 0.1) is 19.8 Å². The van der Waals surface area contributed by atoms with Gasteiger partial charge in [0.1, 0.15) is 11.7 Å². The van der Waals surface area contributed by atoms with E-state index in [2.05, 4.69) is 6.07 Å². The Morgan fingerprint density at radius 2 is 1.61 bits per heavy atom. The molecule has 168 valence electrons. The predicted octanol–water partition coefficient (Wildman–Crippen LogP) is 4.75. The summed E-state index contributed by atoms with van der Waals surface area (Å²) in [6.45, 7) is 6.53. The molecule has 3 aromatic carbocycles. The summed E-state index contributed by atoms with van der Waals surface area (Å²) in [5.41, 5.74) is 4.52. The number of hydroxylamine groups is 1. The van der Waals surface area contributed by atoms with Crippen molar-refractivity contribution < 1.29 is 19.2 Å². The highest BCUT2D eigenvalue weighted by Crippen LogP contribution is 2.48. The fourth-order valence-electron chi connectivity index (χ4n) is 4.80. The van der Waals surface area contributed by atoms with Crippen molar-refractivity contribution in [1.29, 1.82) is 0 Å². The van der Waals surface area contributed by atoms with Crippen LogP contribution in [0.25, 0.3) is 0 Å². The van der Waals surface area contributed by atoms with Crippen molar-refractivity contribution in [3.05, 3.63) is 89.5 Å². The Kier molecular flexibility index (Phi) is 5.38. The summed E-state index contributed by atoms with van der Waals surface area (Å²) in [5.74, 6) is -0.550. The van der Waals surface area contributed by atoms with E-state index < -0.39 is 18.1 Å². The maximum atomic E-state index is 13.7. The minimum absolute atomic E-state index is 0.252.